The number of aryl methyl sites for hydroxylation is 1. The van der Waals surface area contributed by atoms with Crippen molar-refractivity contribution in [2.45, 2.75) is 62.1 Å². The summed E-state index contributed by atoms with van der Waals surface area (Å²) in [7, 11) is -3.93. The van der Waals surface area contributed by atoms with Crippen molar-refractivity contribution < 1.29 is 12.8 Å². The van der Waals surface area contributed by atoms with E-state index in [1.54, 1.807) is 12.3 Å². The molecule has 1 saturated carbocycles. The minimum absolute atomic E-state index is 0.149. The van der Waals surface area contributed by atoms with Crippen LogP contribution in [0, 0.1) is 0 Å². The quantitative estimate of drug-likeness (QED) is 0.603. The lowest BCUT2D eigenvalue weighted by Crippen LogP contribution is -2.35. The van der Waals surface area contributed by atoms with E-state index in [1.807, 2.05) is 6.07 Å². The number of nitrogens with two attached hydrogens (primary N) is 1. The average molecular weight is 437 g/mol. The highest BCUT2D eigenvalue weighted by atomic mass is 32.2. The molecule has 0 unspecified atom stereocenters. The largest absolute Gasteiger partial charge is 0.376 e. The Balaban J connectivity index is 1.87. The van der Waals surface area contributed by atoms with Crippen molar-refractivity contribution >= 4 is 38.1 Å². The molecular formula is C20H25FN4O2S2. The van der Waals surface area contributed by atoms with Crippen molar-refractivity contribution in [1.82, 2.24) is 15.0 Å². The summed E-state index contributed by atoms with van der Waals surface area (Å²) in [5.74, 6) is 0.393. The highest BCUT2D eigenvalue weighted by Crippen LogP contribution is 2.43. The van der Waals surface area contributed by atoms with E-state index in [0.717, 1.165) is 47.9 Å². The number of aromatic nitrogens is 1. The molecule has 0 radical (unpaired) electrons. The molecule has 156 valence electrons. The summed E-state index contributed by atoms with van der Waals surface area (Å²) in [6.45, 7) is 2.38. The molecule has 4 N–H and O–H groups in total. The minimum atomic E-state index is -3.93. The minimum Gasteiger partial charge on any atom is -0.376 e. The highest BCUT2D eigenvalue weighted by molar-refractivity contribution is 7.89. The van der Waals surface area contributed by atoms with Gasteiger partial charge in [0.1, 0.15) is 5.67 Å². The Morgan fingerprint density at radius 2 is 2.03 bits per heavy atom. The van der Waals surface area contributed by atoms with Crippen LogP contribution in [-0.2, 0) is 16.4 Å². The van der Waals surface area contributed by atoms with E-state index in [1.165, 1.54) is 13.8 Å². The molecule has 1 aromatic carbocycles. The Morgan fingerprint density at radius 1 is 1.31 bits per heavy atom. The first-order valence-corrected chi connectivity index (χ1v) is 11.6. The number of thiocarbonyl (C=S) groups is 1. The molecule has 0 saturated heterocycles. The monoisotopic (exact) mass is 436 g/mol. The van der Waals surface area contributed by atoms with Gasteiger partial charge in [-0.3, -0.25) is 4.98 Å². The second-order valence-electron chi connectivity index (χ2n) is 8.51. The van der Waals surface area contributed by atoms with Gasteiger partial charge in [0.15, 0.2) is 5.11 Å². The number of benzene rings is 1. The maximum Gasteiger partial charge on any atom is 0.241 e. The molecule has 0 aliphatic heterocycles. The van der Waals surface area contributed by atoms with E-state index in [2.05, 4.69) is 15.0 Å². The van der Waals surface area contributed by atoms with Gasteiger partial charge in [0.05, 0.1) is 10.9 Å². The Kier molecular flexibility index (Phi) is 5.03. The van der Waals surface area contributed by atoms with Gasteiger partial charge in [0, 0.05) is 35.1 Å². The number of hydrogen-bond donors (Lipinski definition) is 3. The predicted molar refractivity (Wildman–Crippen MR) is 115 cm³/mol. The summed E-state index contributed by atoms with van der Waals surface area (Å²) in [6, 6.07) is 3.42. The molecule has 0 bridgehead atoms. The van der Waals surface area contributed by atoms with E-state index < -0.39 is 15.7 Å². The number of hydrogen-bond acceptors (Lipinski definition) is 4. The number of rotatable bonds is 6. The fraction of sp³-hybridized carbons (Fsp3) is 0.500. The van der Waals surface area contributed by atoms with E-state index in [0.29, 0.717) is 11.3 Å². The molecule has 1 fully saturated rings. The molecule has 9 heteroatoms. The van der Waals surface area contributed by atoms with E-state index in [9.17, 15) is 12.8 Å². The van der Waals surface area contributed by atoms with Crippen molar-refractivity contribution in [3.63, 3.8) is 0 Å². The van der Waals surface area contributed by atoms with E-state index in [4.69, 9.17) is 18.0 Å². The maximum absolute atomic E-state index is 14.0. The maximum atomic E-state index is 14.0. The number of halogens is 1. The first-order valence-electron chi connectivity index (χ1n) is 9.75. The SMILES string of the molecule is CC(C)(F)CNS(=O)(=O)c1cc2c(c3cnc(C4CC4)cc13)CC[C@@H]2NC(N)=S. The third kappa shape index (κ3) is 4.22. The zero-order valence-electron chi connectivity index (χ0n) is 16.5. The normalized spacial score (nSPS) is 19.3. The van der Waals surface area contributed by atoms with Gasteiger partial charge in [-0.25, -0.2) is 17.5 Å². The van der Waals surface area contributed by atoms with Crippen LogP contribution in [0.4, 0.5) is 4.39 Å². The summed E-state index contributed by atoms with van der Waals surface area (Å²) in [4.78, 5) is 4.74. The lowest BCUT2D eigenvalue weighted by Gasteiger charge is -2.19. The van der Waals surface area contributed by atoms with Crippen LogP contribution in [0.2, 0.25) is 0 Å². The van der Waals surface area contributed by atoms with Crippen molar-refractivity contribution in [3.8, 4) is 0 Å². The van der Waals surface area contributed by atoms with Crippen molar-refractivity contribution in [2.24, 2.45) is 5.73 Å². The van der Waals surface area contributed by atoms with Crippen LogP contribution < -0.4 is 15.8 Å². The van der Waals surface area contributed by atoms with Gasteiger partial charge in [-0.15, -0.1) is 0 Å². The Labute approximate surface area is 175 Å². The van der Waals surface area contributed by atoms with Gasteiger partial charge < -0.3 is 11.1 Å². The van der Waals surface area contributed by atoms with Gasteiger partial charge in [-0.1, -0.05) is 0 Å². The van der Waals surface area contributed by atoms with Crippen LogP contribution in [0.15, 0.2) is 23.2 Å². The van der Waals surface area contributed by atoms with E-state index >= 15 is 0 Å². The lowest BCUT2D eigenvalue weighted by atomic mass is 10.0. The zero-order chi connectivity index (χ0) is 21.0. The molecule has 6 nitrogen and oxygen atoms in total. The summed E-state index contributed by atoms with van der Waals surface area (Å²) in [6.07, 6.45) is 5.46. The number of alkyl halides is 1. The number of nitrogens with zero attached hydrogens (tertiary/aromatic N) is 1. The second kappa shape index (κ2) is 7.14. The van der Waals surface area contributed by atoms with Gasteiger partial charge >= 0.3 is 0 Å². The lowest BCUT2D eigenvalue weighted by molar-refractivity contribution is 0.221. The topological polar surface area (TPSA) is 97.1 Å². The Hall–Kier alpha value is -1.84. The van der Waals surface area contributed by atoms with Crippen LogP contribution >= 0.6 is 12.2 Å². The van der Waals surface area contributed by atoms with Crippen LogP contribution in [0.3, 0.4) is 0 Å². The summed E-state index contributed by atoms with van der Waals surface area (Å²) >= 11 is 4.98. The number of fused-ring (bicyclic) bond motifs is 3. The highest BCUT2D eigenvalue weighted by Gasteiger charge is 2.32. The smallest absolute Gasteiger partial charge is 0.241 e. The molecule has 0 amide bonds. The van der Waals surface area contributed by atoms with Crippen LogP contribution in [0.25, 0.3) is 10.8 Å². The third-order valence-electron chi connectivity index (χ3n) is 5.49. The molecule has 2 aliphatic carbocycles. The number of nitrogens with one attached hydrogen (secondary N) is 2. The molecule has 1 atom stereocenters. The molecule has 2 aromatic rings. The fourth-order valence-corrected chi connectivity index (χ4v) is 5.47. The summed E-state index contributed by atoms with van der Waals surface area (Å²) in [5.41, 5.74) is 6.83. The molecule has 2 aliphatic rings. The molecule has 4 rings (SSSR count). The van der Waals surface area contributed by atoms with Crippen LogP contribution in [0.1, 0.15) is 61.9 Å². The standard InChI is InChI=1S/C20H25FN4O2S2/c1-20(2,21)10-24-29(26,27)18-8-13-12(5-6-16(13)25-19(22)28)15-9-23-17(7-14(15)18)11-3-4-11/h7-9,11,16,24H,3-6,10H2,1-2H3,(H3,22,25,28)/t16-/m0/s1. The zero-order valence-corrected chi connectivity index (χ0v) is 18.1. The Bertz CT molecular complexity index is 1090. The fourth-order valence-electron chi connectivity index (χ4n) is 3.90. The molecular weight excluding hydrogens is 411 g/mol. The molecule has 0 spiro atoms. The molecule has 29 heavy (non-hydrogen) atoms. The second-order valence-corrected chi connectivity index (χ2v) is 10.7. The third-order valence-corrected chi connectivity index (χ3v) is 7.05. The summed E-state index contributed by atoms with van der Waals surface area (Å²) < 4.78 is 42.7. The average Bonchev–Trinajstić information content (AvgIpc) is 3.40. The first kappa shape index (κ1) is 20.4. The van der Waals surface area contributed by atoms with Crippen LogP contribution in [0.5, 0.6) is 0 Å². The van der Waals surface area contributed by atoms with Gasteiger partial charge in [-0.05, 0) is 75.0 Å². The van der Waals surface area contributed by atoms with Crippen molar-refractivity contribution in [2.75, 3.05) is 6.54 Å². The predicted octanol–water partition coefficient (Wildman–Crippen LogP) is 2.96. The Morgan fingerprint density at radius 3 is 2.66 bits per heavy atom. The van der Waals surface area contributed by atoms with E-state index in [-0.39, 0.29) is 22.6 Å². The molecule has 1 heterocycles. The van der Waals surface area contributed by atoms with Crippen LogP contribution in [-0.4, -0.2) is 30.7 Å². The van der Waals surface area contributed by atoms with Gasteiger partial charge in [-0.2, -0.15) is 0 Å². The first-order chi connectivity index (χ1) is 13.5. The van der Waals surface area contributed by atoms with Crippen molar-refractivity contribution in [3.05, 3.63) is 35.2 Å². The number of pyridine rings is 1. The van der Waals surface area contributed by atoms with Gasteiger partial charge in [0.2, 0.25) is 10.0 Å². The molecule has 1 aromatic heterocycles. The van der Waals surface area contributed by atoms with Gasteiger partial charge in [0.25, 0.3) is 0 Å². The number of sulfonamides is 1. The summed E-state index contributed by atoms with van der Waals surface area (Å²) in [5, 5.41) is 4.68. The van der Waals surface area contributed by atoms with Crippen molar-refractivity contribution in [1.29, 1.82) is 0 Å².